The number of nitrogens with one attached hydrogen (secondary N) is 1. The van der Waals surface area contributed by atoms with Crippen molar-refractivity contribution in [1.29, 1.82) is 0 Å². The largest absolute Gasteiger partial charge is 0.481 e. The van der Waals surface area contributed by atoms with Crippen molar-refractivity contribution in [2.45, 2.75) is 49.9 Å². The molecule has 3 heteroatoms. The highest BCUT2D eigenvalue weighted by Gasteiger charge is 2.43. The number of benzene rings is 1. The summed E-state index contributed by atoms with van der Waals surface area (Å²) in [6, 6.07) is 8.42. The van der Waals surface area contributed by atoms with Gasteiger partial charge in [-0.1, -0.05) is 37.1 Å². The highest BCUT2D eigenvalue weighted by atomic mass is 16.4. The number of carboxylic acid groups (broad SMARTS) is 1. The Bertz CT molecular complexity index is 486. The molecule has 1 saturated heterocycles. The van der Waals surface area contributed by atoms with Crippen LogP contribution < -0.4 is 5.32 Å². The monoisotopic (exact) mass is 273 g/mol. The number of aliphatic carboxylic acids is 1. The first-order valence-corrected chi connectivity index (χ1v) is 7.77. The Labute approximate surface area is 120 Å². The molecule has 1 aliphatic heterocycles. The van der Waals surface area contributed by atoms with E-state index in [1.165, 1.54) is 5.56 Å². The Hall–Kier alpha value is -1.35. The molecule has 3 nitrogen and oxygen atoms in total. The van der Waals surface area contributed by atoms with Crippen molar-refractivity contribution in [2.75, 3.05) is 13.1 Å². The average molecular weight is 273 g/mol. The van der Waals surface area contributed by atoms with Crippen LogP contribution in [0.2, 0.25) is 0 Å². The van der Waals surface area contributed by atoms with Crippen LogP contribution in [-0.2, 0) is 10.2 Å². The minimum absolute atomic E-state index is 0.587. The van der Waals surface area contributed by atoms with Crippen molar-refractivity contribution < 1.29 is 9.90 Å². The van der Waals surface area contributed by atoms with E-state index in [0.717, 1.165) is 57.2 Å². The van der Waals surface area contributed by atoms with Gasteiger partial charge in [0.1, 0.15) is 0 Å². The SMILES string of the molecule is O=C(O)C1(c2cccc(C3CCNCC3)c2)CCCC1. The molecular weight excluding hydrogens is 250 g/mol. The van der Waals surface area contributed by atoms with Crippen molar-refractivity contribution in [3.63, 3.8) is 0 Å². The summed E-state index contributed by atoms with van der Waals surface area (Å²) < 4.78 is 0. The fraction of sp³-hybridized carbons (Fsp3) is 0.588. The van der Waals surface area contributed by atoms with Gasteiger partial charge in [0.2, 0.25) is 0 Å². The number of rotatable bonds is 3. The van der Waals surface area contributed by atoms with E-state index in [2.05, 4.69) is 23.5 Å². The molecule has 1 aliphatic carbocycles. The van der Waals surface area contributed by atoms with Gasteiger partial charge in [0.25, 0.3) is 0 Å². The van der Waals surface area contributed by atoms with Gasteiger partial charge in [-0.25, -0.2) is 0 Å². The fourth-order valence-corrected chi connectivity index (χ4v) is 3.85. The van der Waals surface area contributed by atoms with Gasteiger partial charge >= 0.3 is 5.97 Å². The van der Waals surface area contributed by atoms with Crippen molar-refractivity contribution in [3.05, 3.63) is 35.4 Å². The Morgan fingerprint density at radius 3 is 2.55 bits per heavy atom. The standard InChI is InChI=1S/C17H23NO2/c19-16(20)17(8-1-2-9-17)15-5-3-4-14(12-15)13-6-10-18-11-7-13/h3-5,12-13,18H,1-2,6-11H2,(H,19,20). The summed E-state index contributed by atoms with van der Waals surface area (Å²) in [6.07, 6.45) is 5.96. The van der Waals surface area contributed by atoms with Crippen molar-refractivity contribution >= 4 is 5.97 Å². The quantitative estimate of drug-likeness (QED) is 0.890. The van der Waals surface area contributed by atoms with E-state index in [-0.39, 0.29) is 0 Å². The highest BCUT2D eigenvalue weighted by molar-refractivity contribution is 5.81. The third kappa shape index (κ3) is 2.35. The molecule has 0 bridgehead atoms. The number of carboxylic acids is 1. The topological polar surface area (TPSA) is 49.3 Å². The van der Waals surface area contributed by atoms with Crippen LogP contribution in [0.3, 0.4) is 0 Å². The maximum absolute atomic E-state index is 11.8. The normalized spacial score (nSPS) is 22.8. The number of hydrogen-bond donors (Lipinski definition) is 2. The van der Waals surface area contributed by atoms with Gasteiger partial charge in [0.05, 0.1) is 5.41 Å². The highest BCUT2D eigenvalue weighted by Crippen LogP contribution is 2.42. The van der Waals surface area contributed by atoms with E-state index in [1.54, 1.807) is 0 Å². The van der Waals surface area contributed by atoms with Gasteiger partial charge in [0, 0.05) is 0 Å². The smallest absolute Gasteiger partial charge is 0.314 e. The van der Waals surface area contributed by atoms with Crippen LogP contribution in [0.1, 0.15) is 55.6 Å². The van der Waals surface area contributed by atoms with Crippen LogP contribution in [0.4, 0.5) is 0 Å². The summed E-state index contributed by atoms with van der Waals surface area (Å²) in [7, 11) is 0. The van der Waals surface area contributed by atoms with Gasteiger partial charge in [0.15, 0.2) is 0 Å². The zero-order valence-electron chi connectivity index (χ0n) is 11.9. The lowest BCUT2D eigenvalue weighted by Gasteiger charge is -2.27. The average Bonchev–Trinajstić information content (AvgIpc) is 2.99. The minimum Gasteiger partial charge on any atom is -0.481 e. The molecule has 0 atom stereocenters. The minimum atomic E-state index is -0.641. The summed E-state index contributed by atoms with van der Waals surface area (Å²) in [6.45, 7) is 2.14. The zero-order valence-corrected chi connectivity index (χ0v) is 11.9. The number of hydrogen-bond acceptors (Lipinski definition) is 2. The number of piperidine rings is 1. The predicted octanol–water partition coefficient (Wildman–Crippen LogP) is 3.05. The molecule has 2 fully saturated rings. The maximum Gasteiger partial charge on any atom is 0.314 e. The molecule has 2 aliphatic rings. The van der Waals surface area contributed by atoms with Gasteiger partial charge in [-0.05, 0) is 55.8 Å². The summed E-state index contributed by atoms with van der Waals surface area (Å²) in [5.74, 6) is -0.0547. The zero-order chi connectivity index (χ0) is 14.0. The van der Waals surface area contributed by atoms with Crippen LogP contribution in [0.25, 0.3) is 0 Å². The molecular formula is C17H23NO2. The number of carbonyl (C=O) groups is 1. The van der Waals surface area contributed by atoms with E-state index in [4.69, 9.17) is 0 Å². The Morgan fingerprint density at radius 1 is 1.20 bits per heavy atom. The first-order valence-electron chi connectivity index (χ1n) is 7.77. The second-order valence-electron chi connectivity index (χ2n) is 6.24. The first kappa shape index (κ1) is 13.6. The van der Waals surface area contributed by atoms with Crippen LogP contribution in [0, 0.1) is 0 Å². The second kappa shape index (κ2) is 5.57. The van der Waals surface area contributed by atoms with Gasteiger partial charge in [-0.3, -0.25) is 4.79 Å². The lowest BCUT2D eigenvalue weighted by molar-refractivity contribution is -0.143. The van der Waals surface area contributed by atoms with E-state index < -0.39 is 11.4 Å². The molecule has 0 aromatic heterocycles. The Balaban J connectivity index is 1.91. The summed E-state index contributed by atoms with van der Waals surface area (Å²) >= 11 is 0. The fourth-order valence-electron chi connectivity index (χ4n) is 3.85. The molecule has 108 valence electrons. The van der Waals surface area contributed by atoms with Crippen LogP contribution in [0.5, 0.6) is 0 Å². The van der Waals surface area contributed by atoms with E-state index in [9.17, 15) is 9.90 Å². The molecule has 1 aromatic carbocycles. The molecule has 3 rings (SSSR count). The molecule has 1 heterocycles. The molecule has 1 saturated carbocycles. The van der Waals surface area contributed by atoms with Crippen molar-refractivity contribution in [1.82, 2.24) is 5.32 Å². The maximum atomic E-state index is 11.8. The first-order chi connectivity index (χ1) is 9.72. The van der Waals surface area contributed by atoms with Gasteiger partial charge in [-0.2, -0.15) is 0 Å². The Kier molecular flexibility index (Phi) is 3.79. The summed E-state index contributed by atoms with van der Waals surface area (Å²) in [5, 5.41) is 13.1. The van der Waals surface area contributed by atoms with Crippen molar-refractivity contribution in [2.24, 2.45) is 0 Å². The lowest BCUT2D eigenvalue weighted by Crippen LogP contribution is -2.33. The van der Waals surface area contributed by atoms with E-state index >= 15 is 0 Å². The van der Waals surface area contributed by atoms with Crippen molar-refractivity contribution in [3.8, 4) is 0 Å². The molecule has 1 aromatic rings. The van der Waals surface area contributed by atoms with Gasteiger partial charge in [-0.15, -0.1) is 0 Å². The molecule has 0 amide bonds. The molecule has 0 unspecified atom stereocenters. The van der Waals surface area contributed by atoms with E-state index in [1.807, 2.05) is 6.07 Å². The second-order valence-corrected chi connectivity index (χ2v) is 6.24. The van der Waals surface area contributed by atoms with Crippen LogP contribution >= 0.6 is 0 Å². The molecule has 0 spiro atoms. The molecule has 2 N–H and O–H groups in total. The summed E-state index contributed by atoms with van der Waals surface area (Å²) in [4.78, 5) is 11.8. The predicted molar refractivity (Wildman–Crippen MR) is 79.1 cm³/mol. The third-order valence-corrected chi connectivity index (χ3v) is 5.12. The molecule has 20 heavy (non-hydrogen) atoms. The van der Waals surface area contributed by atoms with Gasteiger partial charge < -0.3 is 10.4 Å². The lowest BCUT2D eigenvalue weighted by atomic mass is 9.77. The molecule has 0 radical (unpaired) electrons. The van der Waals surface area contributed by atoms with E-state index in [0.29, 0.717) is 5.92 Å². The Morgan fingerprint density at radius 2 is 1.90 bits per heavy atom. The summed E-state index contributed by atoms with van der Waals surface area (Å²) in [5.41, 5.74) is 1.73. The van der Waals surface area contributed by atoms with Crippen LogP contribution in [0.15, 0.2) is 24.3 Å². The third-order valence-electron chi connectivity index (χ3n) is 5.12. The van der Waals surface area contributed by atoms with Crippen LogP contribution in [-0.4, -0.2) is 24.2 Å².